The summed E-state index contributed by atoms with van der Waals surface area (Å²) in [6.07, 6.45) is 11.8. The van der Waals surface area contributed by atoms with E-state index in [2.05, 4.69) is 52.0 Å². The van der Waals surface area contributed by atoms with E-state index in [0.717, 1.165) is 11.3 Å². The lowest BCUT2D eigenvalue weighted by Crippen LogP contribution is -2.38. The van der Waals surface area contributed by atoms with E-state index in [-0.39, 0.29) is 0 Å². The fraction of sp³-hybridized carbons (Fsp3) is 0.733. The van der Waals surface area contributed by atoms with Crippen LogP contribution in [0.1, 0.15) is 55.0 Å². The number of fused-ring (bicyclic) bond motifs is 1. The molecule has 0 aromatic carbocycles. The molecule has 0 saturated heterocycles. The normalized spacial score (nSPS) is 31.2. The highest BCUT2D eigenvalue weighted by atomic mass is 127. The Labute approximate surface area is 138 Å². The summed E-state index contributed by atoms with van der Waals surface area (Å²) in [5.41, 5.74) is 1.62. The molecule has 0 spiro atoms. The molecule has 2 aliphatic rings. The summed E-state index contributed by atoms with van der Waals surface area (Å²) in [7, 11) is 0. The third-order valence-electron chi connectivity index (χ3n) is 4.48. The van der Waals surface area contributed by atoms with Crippen molar-refractivity contribution in [2.24, 2.45) is 0 Å². The Bertz CT molecular complexity index is 432. The van der Waals surface area contributed by atoms with Gasteiger partial charge < -0.3 is 5.32 Å². The average molecular weight is 407 g/mol. The van der Waals surface area contributed by atoms with Gasteiger partial charge in [0.2, 0.25) is 0 Å². The zero-order valence-corrected chi connectivity index (χ0v) is 15.2. The average Bonchev–Trinajstić information content (AvgIpc) is 2.80. The largest absolute Gasteiger partial charge is 0.307 e. The molecule has 1 nitrogen and oxygen atoms in total. The second kappa shape index (κ2) is 6.67. The van der Waals surface area contributed by atoms with Gasteiger partial charge in [0.1, 0.15) is 0 Å². The molecule has 1 heterocycles. The van der Waals surface area contributed by atoms with Crippen LogP contribution in [-0.4, -0.2) is 17.5 Å². The number of aryl methyl sites for hydroxylation is 1. The van der Waals surface area contributed by atoms with E-state index >= 15 is 0 Å². The zero-order chi connectivity index (χ0) is 13.2. The van der Waals surface area contributed by atoms with Gasteiger partial charge in [-0.15, -0.1) is 11.3 Å². The molecule has 0 bridgehead atoms. The summed E-state index contributed by atoms with van der Waals surface area (Å²) in [5.74, 6) is 0. The number of halogens is 1. The van der Waals surface area contributed by atoms with E-state index in [0.29, 0.717) is 6.04 Å². The molecule has 1 aromatic rings. The molecule has 3 atom stereocenters. The summed E-state index contributed by atoms with van der Waals surface area (Å²) in [5, 5.41) is 4.87. The smallest absolute Gasteiger partial charge is 0.0659 e. The maximum absolute atomic E-state index is 3.98. The molecule has 1 fully saturated rings. The topological polar surface area (TPSA) is 12.0 Å². The molecule has 2 aliphatic carbocycles. The minimum atomic E-state index is 0.633. The molecule has 106 valence electrons. The lowest BCUT2D eigenvalue weighted by atomic mass is 9.90. The van der Waals surface area contributed by atoms with Crippen molar-refractivity contribution in [1.29, 1.82) is 0 Å². The lowest BCUT2D eigenvalue weighted by molar-refractivity contribution is 0.327. The van der Waals surface area contributed by atoms with Crippen molar-refractivity contribution >= 4 is 45.7 Å². The van der Waals surface area contributed by atoms with Gasteiger partial charge in [-0.25, -0.2) is 0 Å². The first-order valence-corrected chi connectivity index (χ1v) is 10.5. The van der Waals surface area contributed by atoms with Crippen molar-refractivity contribution in [1.82, 2.24) is 5.32 Å². The van der Waals surface area contributed by atoms with Crippen molar-refractivity contribution in [2.75, 3.05) is 6.26 Å². The van der Waals surface area contributed by atoms with E-state index in [1.54, 1.807) is 10.4 Å². The van der Waals surface area contributed by atoms with Gasteiger partial charge in [-0.3, -0.25) is 0 Å². The van der Waals surface area contributed by atoms with Crippen LogP contribution in [0.25, 0.3) is 0 Å². The molecule has 19 heavy (non-hydrogen) atoms. The number of hydrogen-bond donors (Lipinski definition) is 1. The highest BCUT2D eigenvalue weighted by Crippen LogP contribution is 2.37. The van der Waals surface area contributed by atoms with Gasteiger partial charge in [-0.05, 0) is 79.0 Å². The fourth-order valence-electron chi connectivity index (χ4n) is 3.49. The van der Waals surface area contributed by atoms with Crippen molar-refractivity contribution in [3.05, 3.63) is 19.4 Å². The maximum atomic E-state index is 3.98. The molecule has 1 N–H and O–H groups in total. The van der Waals surface area contributed by atoms with Gasteiger partial charge in [0.05, 0.1) is 2.88 Å². The Hall–Kier alpha value is 0.740. The van der Waals surface area contributed by atoms with E-state index in [9.17, 15) is 0 Å². The third kappa shape index (κ3) is 3.50. The Kier molecular flexibility index (Phi) is 5.15. The highest BCUT2D eigenvalue weighted by Gasteiger charge is 2.27. The Balaban J connectivity index is 1.67. The SMILES string of the molecule is CSC1CCCC(NC2CCCc3sc(I)cc32)C1. The van der Waals surface area contributed by atoms with Crippen LogP contribution in [0.2, 0.25) is 0 Å². The predicted octanol–water partition coefficient (Wildman–Crippen LogP) is 4.99. The number of nitrogens with one attached hydrogen (secondary N) is 1. The Morgan fingerprint density at radius 2 is 2.21 bits per heavy atom. The highest BCUT2D eigenvalue weighted by molar-refractivity contribution is 14.1. The summed E-state index contributed by atoms with van der Waals surface area (Å²) >= 11 is 6.54. The molecule has 1 saturated carbocycles. The van der Waals surface area contributed by atoms with E-state index in [1.165, 1.54) is 47.8 Å². The van der Waals surface area contributed by atoms with E-state index in [4.69, 9.17) is 0 Å². The zero-order valence-electron chi connectivity index (χ0n) is 11.5. The first-order chi connectivity index (χ1) is 9.26. The minimum Gasteiger partial charge on any atom is -0.307 e. The molecule has 4 heteroatoms. The molecule has 3 unspecified atom stereocenters. The summed E-state index contributed by atoms with van der Waals surface area (Å²) in [6, 6.07) is 3.81. The molecule has 1 aromatic heterocycles. The van der Waals surface area contributed by atoms with Crippen LogP contribution < -0.4 is 5.32 Å². The molecular weight excluding hydrogens is 385 g/mol. The summed E-state index contributed by atoms with van der Waals surface area (Å²) in [6.45, 7) is 0. The number of thioether (sulfide) groups is 1. The van der Waals surface area contributed by atoms with Crippen molar-refractivity contribution in [3.63, 3.8) is 0 Å². The first-order valence-electron chi connectivity index (χ1n) is 7.33. The van der Waals surface area contributed by atoms with Crippen LogP contribution in [0.3, 0.4) is 0 Å². The molecule has 3 rings (SSSR count). The van der Waals surface area contributed by atoms with Crippen LogP contribution in [0.5, 0.6) is 0 Å². The fourth-order valence-corrected chi connectivity index (χ4v) is 6.44. The molecule has 0 radical (unpaired) electrons. The van der Waals surface area contributed by atoms with Crippen molar-refractivity contribution in [2.45, 2.75) is 62.3 Å². The van der Waals surface area contributed by atoms with Gasteiger partial charge >= 0.3 is 0 Å². The first kappa shape index (κ1) is 14.7. The number of thiophene rings is 1. The Morgan fingerprint density at radius 3 is 3.05 bits per heavy atom. The molecular formula is C15H22INS2. The standard InChI is InChI=1S/C15H22INS2/c1-18-11-5-2-4-10(8-11)17-13-6-3-7-14-12(13)9-15(16)19-14/h9-11,13,17H,2-8H2,1H3. The second-order valence-electron chi connectivity index (χ2n) is 5.76. The van der Waals surface area contributed by atoms with Crippen molar-refractivity contribution in [3.8, 4) is 0 Å². The minimum absolute atomic E-state index is 0.633. The van der Waals surface area contributed by atoms with Crippen LogP contribution in [-0.2, 0) is 6.42 Å². The van der Waals surface area contributed by atoms with Crippen LogP contribution in [0.4, 0.5) is 0 Å². The number of rotatable bonds is 3. The summed E-state index contributed by atoms with van der Waals surface area (Å²) in [4.78, 5) is 1.64. The van der Waals surface area contributed by atoms with Crippen molar-refractivity contribution < 1.29 is 0 Å². The quantitative estimate of drug-likeness (QED) is 0.709. The van der Waals surface area contributed by atoms with Gasteiger partial charge in [-0.2, -0.15) is 11.8 Å². The van der Waals surface area contributed by atoms with Crippen LogP contribution in [0.15, 0.2) is 6.07 Å². The Morgan fingerprint density at radius 1 is 1.32 bits per heavy atom. The van der Waals surface area contributed by atoms with Gasteiger partial charge in [0, 0.05) is 22.2 Å². The lowest BCUT2D eigenvalue weighted by Gasteiger charge is -2.33. The van der Waals surface area contributed by atoms with Gasteiger partial charge in [-0.1, -0.05) is 6.42 Å². The third-order valence-corrected chi connectivity index (χ3v) is 7.55. The van der Waals surface area contributed by atoms with Crippen LogP contribution >= 0.6 is 45.7 Å². The monoisotopic (exact) mass is 407 g/mol. The van der Waals surface area contributed by atoms with Crippen LogP contribution in [0, 0.1) is 2.88 Å². The summed E-state index contributed by atoms with van der Waals surface area (Å²) < 4.78 is 1.46. The second-order valence-corrected chi connectivity index (χ2v) is 9.93. The molecule has 0 amide bonds. The van der Waals surface area contributed by atoms with Gasteiger partial charge in [0.25, 0.3) is 0 Å². The van der Waals surface area contributed by atoms with E-state index < -0.39 is 0 Å². The maximum Gasteiger partial charge on any atom is 0.0659 e. The number of hydrogen-bond acceptors (Lipinski definition) is 3. The van der Waals surface area contributed by atoms with Gasteiger partial charge in [0.15, 0.2) is 0 Å². The predicted molar refractivity (Wildman–Crippen MR) is 95.4 cm³/mol. The van der Waals surface area contributed by atoms with E-state index in [1.807, 2.05) is 11.3 Å². The molecule has 0 aliphatic heterocycles.